The summed E-state index contributed by atoms with van der Waals surface area (Å²) in [6, 6.07) is 7.92. The summed E-state index contributed by atoms with van der Waals surface area (Å²) in [5, 5.41) is 8.56. The summed E-state index contributed by atoms with van der Waals surface area (Å²) in [6.07, 6.45) is 4.36. The van der Waals surface area contributed by atoms with Crippen molar-refractivity contribution in [3.8, 4) is 11.6 Å². The molecular weight excluding hydrogens is 516 g/mol. The molecule has 0 amide bonds. The normalized spacial score (nSPS) is 19.3. The van der Waals surface area contributed by atoms with Gasteiger partial charge in [-0.1, -0.05) is 25.4 Å². The van der Waals surface area contributed by atoms with E-state index in [9.17, 15) is 13.2 Å². The average molecular weight is 549 g/mol. The minimum Gasteiger partial charge on any atom is -0.465 e. The SMILES string of the molecule is CCOC(=O)CN=C1CCCC(N(C)S(=O)(=O)c2cnc(Oc3ccc(Cl)cc3)c(C(C)C)c2)C1C=N. The van der Waals surface area contributed by atoms with Gasteiger partial charge in [-0.05, 0) is 62.4 Å². The Morgan fingerprint density at radius 3 is 2.65 bits per heavy atom. The van der Waals surface area contributed by atoms with E-state index >= 15 is 0 Å². The predicted molar refractivity (Wildman–Crippen MR) is 144 cm³/mol. The highest BCUT2D eigenvalue weighted by Gasteiger charge is 2.37. The Bertz CT molecular complexity index is 1250. The first-order valence-electron chi connectivity index (χ1n) is 12.2. The third-order valence-corrected chi connectivity index (χ3v) is 8.38. The zero-order valence-corrected chi connectivity index (χ0v) is 23.1. The van der Waals surface area contributed by atoms with Crippen LogP contribution >= 0.6 is 11.6 Å². The molecule has 0 aliphatic heterocycles. The molecule has 1 aromatic heterocycles. The number of nitrogens with zero attached hydrogens (tertiary/aromatic N) is 3. The second-order valence-corrected chi connectivity index (χ2v) is 11.5. The Morgan fingerprint density at radius 2 is 2.03 bits per heavy atom. The minimum atomic E-state index is -3.95. The van der Waals surface area contributed by atoms with Gasteiger partial charge in [-0.3, -0.25) is 9.79 Å². The van der Waals surface area contributed by atoms with E-state index in [2.05, 4.69) is 9.98 Å². The fraction of sp³-hybridized carbons (Fsp3) is 0.462. The van der Waals surface area contributed by atoms with Crippen molar-refractivity contribution < 1.29 is 22.7 Å². The number of carbonyl (C=O) groups excluding carboxylic acids is 1. The molecule has 0 saturated heterocycles. The molecule has 1 aromatic carbocycles. The number of benzene rings is 1. The number of sulfonamides is 1. The molecule has 2 aromatic rings. The first kappa shape index (κ1) is 28.7. The zero-order valence-electron chi connectivity index (χ0n) is 21.5. The highest BCUT2D eigenvalue weighted by molar-refractivity contribution is 7.89. The molecule has 2 unspecified atom stereocenters. The number of hydrogen-bond donors (Lipinski definition) is 1. The van der Waals surface area contributed by atoms with Gasteiger partial charge >= 0.3 is 5.97 Å². The number of pyridine rings is 1. The van der Waals surface area contributed by atoms with Gasteiger partial charge in [-0.15, -0.1) is 0 Å². The van der Waals surface area contributed by atoms with Crippen molar-refractivity contribution in [2.45, 2.75) is 56.9 Å². The van der Waals surface area contributed by atoms with Gasteiger partial charge in [0.05, 0.1) is 12.8 Å². The predicted octanol–water partition coefficient (Wildman–Crippen LogP) is 5.09. The first-order chi connectivity index (χ1) is 17.6. The Kier molecular flexibility index (Phi) is 9.80. The molecule has 1 N–H and O–H groups in total. The number of hydrogen-bond acceptors (Lipinski definition) is 8. The van der Waals surface area contributed by atoms with E-state index in [0.29, 0.717) is 47.2 Å². The number of aromatic nitrogens is 1. The number of ether oxygens (including phenoxy) is 2. The molecule has 0 radical (unpaired) electrons. The molecule has 1 saturated carbocycles. The Morgan fingerprint density at radius 1 is 1.32 bits per heavy atom. The first-order valence-corrected chi connectivity index (χ1v) is 14.0. The van der Waals surface area contributed by atoms with Gasteiger partial charge in [0, 0.05) is 41.5 Å². The van der Waals surface area contributed by atoms with Crippen LogP contribution in [0.25, 0.3) is 0 Å². The van der Waals surface area contributed by atoms with Crippen molar-refractivity contribution in [1.29, 1.82) is 5.41 Å². The molecule has 1 aliphatic rings. The molecule has 37 heavy (non-hydrogen) atoms. The van der Waals surface area contributed by atoms with E-state index in [1.807, 2.05) is 13.8 Å². The van der Waals surface area contributed by atoms with Crippen LogP contribution < -0.4 is 4.74 Å². The molecule has 1 aliphatic carbocycles. The third-order valence-electron chi connectivity index (χ3n) is 6.28. The molecule has 200 valence electrons. The number of esters is 1. The number of halogens is 1. The highest BCUT2D eigenvalue weighted by atomic mass is 35.5. The number of rotatable bonds is 10. The summed E-state index contributed by atoms with van der Waals surface area (Å²) in [4.78, 5) is 20.5. The van der Waals surface area contributed by atoms with Crippen molar-refractivity contribution in [2.24, 2.45) is 10.9 Å². The molecule has 0 bridgehead atoms. The maximum Gasteiger partial charge on any atom is 0.327 e. The monoisotopic (exact) mass is 548 g/mol. The van der Waals surface area contributed by atoms with Crippen LogP contribution in [0.5, 0.6) is 11.6 Å². The maximum absolute atomic E-state index is 13.7. The summed E-state index contributed by atoms with van der Waals surface area (Å²) in [6.45, 7) is 5.71. The third kappa shape index (κ3) is 6.94. The molecule has 3 rings (SSSR count). The second kappa shape index (κ2) is 12.6. The van der Waals surface area contributed by atoms with Gasteiger partial charge in [0.1, 0.15) is 17.2 Å². The largest absolute Gasteiger partial charge is 0.465 e. The van der Waals surface area contributed by atoms with Crippen molar-refractivity contribution in [2.75, 3.05) is 20.2 Å². The maximum atomic E-state index is 13.7. The number of aliphatic imine (C=N–C) groups is 1. The lowest BCUT2D eigenvalue weighted by Gasteiger charge is -2.36. The molecular formula is C26H33ClN4O5S. The standard InChI is InChI=1S/C26H33ClN4O5S/c1-5-35-25(32)16-29-23-7-6-8-24(22(23)14-28)31(4)37(33,34)20-13-21(17(2)3)26(30-15-20)36-19-11-9-18(27)10-12-19/h9-15,17,22,24,28H,5-8,16H2,1-4H3. The molecule has 11 heteroatoms. The van der Waals surface area contributed by atoms with E-state index in [-0.39, 0.29) is 24.0 Å². The van der Waals surface area contributed by atoms with Crippen LogP contribution in [0.1, 0.15) is 51.5 Å². The highest BCUT2D eigenvalue weighted by Crippen LogP contribution is 2.33. The number of carbonyl (C=O) groups is 1. The summed E-state index contributed by atoms with van der Waals surface area (Å²) in [5.41, 5.74) is 1.28. The average Bonchev–Trinajstić information content (AvgIpc) is 2.88. The van der Waals surface area contributed by atoms with Crippen LogP contribution in [0.3, 0.4) is 0 Å². The van der Waals surface area contributed by atoms with E-state index < -0.39 is 28.0 Å². The van der Waals surface area contributed by atoms with Crippen molar-refractivity contribution in [1.82, 2.24) is 9.29 Å². The van der Waals surface area contributed by atoms with Gasteiger partial charge in [-0.2, -0.15) is 4.31 Å². The van der Waals surface area contributed by atoms with E-state index in [4.69, 9.17) is 26.5 Å². The van der Waals surface area contributed by atoms with Gasteiger partial charge < -0.3 is 14.9 Å². The minimum absolute atomic E-state index is 0.0430. The Hall–Kier alpha value is -2.82. The Balaban J connectivity index is 1.88. The van der Waals surface area contributed by atoms with E-state index in [1.54, 1.807) is 37.3 Å². The summed E-state index contributed by atoms with van der Waals surface area (Å²) in [5.74, 6) is -0.177. The Labute approximate surface area is 223 Å². The quantitative estimate of drug-likeness (QED) is 0.326. The van der Waals surface area contributed by atoms with Crippen LogP contribution in [0, 0.1) is 11.3 Å². The second-order valence-electron chi connectivity index (χ2n) is 9.06. The summed E-state index contributed by atoms with van der Waals surface area (Å²) >= 11 is 5.95. The fourth-order valence-corrected chi connectivity index (χ4v) is 5.79. The van der Waals surface area contributed by atoms with Crippen molar-refractivity contribution in [3.05, 3.63) is 47.1 Å². The lowest BCUT2D eigenvalue weighted by molar-refractivity contribution is -0.141. The zero-order chi connectivity index (χ0) is 27.2. The van der Waals surface area contributed by atoms with Crippen LogP contribution in [-0.4, -0.2) is 61.8 Å². The van der Waals surface area contributed by atoms with E-state index in [1.165, 1.54) is 23.8 Å². The van der Waals surface area contributed by atoms with Crippen LogP contribution in [0.15, 0.2) is 46.4 Å². The van der Waals surface area contributed by atoms with Crippen LogP contribution in [0.4, 0.5) is 0 Å². The molecule has 9 nitrogen and oxygen atoms in total. The van der Waals surface area contributed by atoms with Crippen LogP contribution in [-0.2, 0) is 19.6 Å². The molecule has 1 fully saturated rings. The topological polar surface area (TPSA) is 122 Å². The van der Waals surface area contributed by atoms with Crippen molar-refractivity contribution >= 4 is 39.5 Å². The van der Waals surface area contributed by atoms with Gasteiger partial charge in [0.15, 0.2) is 0 Å². The van der Waals surface area contributed by atoms with Crippen LogP contribution in [0.2, 0.25) is 5.02 Å². The van der Waals surface area contributed by atoms with Crippen molar-refractivity contribution in [3.63, 3.8) is 0 Å². The molecule has 2 atom stereocenters. The molecule has 1 heterocycles. The summed E-state index contributed by atoms with van der Waals surface area (Å²) < 4.78 is 39.5. The van der Waals surface area contributed by atoms with Gasteiger partial charge in [0.25, 0.3) is 0 Å². The number of nitrogens with one attached hydrogen (secondary N) is 1. The lowest BCUT2D eigenvalue weighted by Crippen LogP contribution is -2.47. The molecule has 0 spiro atoms. The lowest BCUT2D eigenvalue weighted by atomic mass is 9.83. The van der Waals surface area contributed by atoms with Gasteiger partial charge in [0.2, 0.25) is 15.9 Å². The van der Waals surface area contributed by atoms with E-state index in [0.717, 1.165) is 0 Å². The summed E-state index contributed by atoms with van der Waals surface area (Å²) in [7, 11) is -2.44. The van der Waals surface area contributed by atoms with Gasteiger partial charge in [-0.25, -0.2) is 13.4 Å². The smallest absolute Gasteiger partial charge is 0.327 e. The fourth-order valence-electron chi connectivity index (χ4n) is 4.28.